The maximum Gasteiger partial charge on any atom is 0.333 e. The van der Waals surface area contributed by atoms with Crippen molar-refractivity contribution in [2.75, 3.05) is 4.90 Å². The molecular formula is C49H31BN2. The molecule has 0 aliphatic carbocycles. The Hall–Kier alpha value is -6.58. The molecule has 240 valence electrons. The molecule has 0 spiro atoms. The number of hydrogen-bond acceptors (Lipinski definition) is 1. The first-order chi connectivity index (χ1) is 25.8. The summed E-state index contributed by atoms with van der Waals surface area (Å²) in [6.45, 7) is -0.00664. The molecule has 3 aliphatic rings. The fourth-order valence-electron chi connectivity index (χ4n) is 10.1. The van der Waals surface area contributed by atoms with E-state index in [4.69, 9.17) is 0 Å². The van der Waals surface area contributed by atoms with Gasteiger partial charge in [-0.25, -0.2) is 0 Å². The molecule has 3 aliphatic heterocycles. The minimum atomic E-state index is -0.529. The Bertz CT molecular complexity index is 2870. The maximum atomic E-state index is 2.66. The van der Waals surface area contributed by atoms with Gasteiger partial charge in [-0.2, -0.15) is 0 Å². The first kappa shape index (κ1) is 28.2. The summed E-state index contributed by atoms with van der Waals surface area (Å²) in [5.74, 6) is 0. The second-order valence-corrected chi connectivity index (χ2v) is 14.4. The van der Waals surface area contributed by atoms with Crippen LogP contribution in [0.25, 0.3) is 44.1 Å². The van der Waals surface area contributed by atoms with Gasteiger partial charge < -0.3 is 9.38 Å². The molecule has 2 nitrogen and oxygen atoms in total. The summed E-state index contributed by atoms with van der Waals surface area (Å²) in [4.78, 5) is 2.61. The molecule has 0 amide bonds. The van der Waals surface area contributed by atoms with E-state index in [0.717, 1.165) is 0 Å². The molecule has 8 aromatic carbocycles. The smallest absolute Gasteiger partial charge is 0.333 e. The van der Waals surface area contributed by atoms with Crippen LogP contribution >= 0.6 is 0 Å². The third kappa shape index (κ3) is 3.41. The van der Waals surface area contributed by atoms with E-state index in [1.165, 1.54) is 94.3 Å². The zero-order valence-corrected chi connectivity index (χ0v) is 28.4. The van der Waals surface area contributed by atoms with Gasteiger partial charge in [0.05, 0.1) is 11.1 Å². The van der Waals surface area contributed by atoms with Crippen LogP contribution in [0.3, 0.4) is 0 Å². The number of aromatic nitrogens is 1. The van der Waals surface area contributed by atoms with Gasteiger partial charge in [-0.05, 0) is 74.1 Å². The number of rotatable bonds is 3. The Labute approximate surface area is 303 Å². The van der Waals surface area contributed by atoms with Crippen LogP contribution in [0.5, 0.6) is 0 Å². The zero-order chi connectivity index (χ0) is 34.0. The summed E-state index contributed by atoms with van der Waals surface area (Å²) in [7, 11) is 0. The van der Waals surface area contributed by atoms with Crippen LogP contribution in [-0.4, -0.2) is 11.3 Å². The lowest BCUT2D eigenvalue weighted by molar-refractivity contribution is 0.732. The summed E-state index contributed by atoms with van der Waals surface area (Å²) < 4.78 is 2.66. The van der Waals surface area contributed by atoms with Crippen LogP contribution in [0, 0.1) is 0 Å². The molecular weight excluding hydrogens is 627 g/mol. The Balaban J connectivity index is 1.30. The van der Waals surface area contributed by atoms with Crippen molar-refractivity contribution in [1.29, 1.82) is 0 Å². The lowest BCUT2D eigenvalue weighted by Crippen LogP contribution is -2.58. The van der Waals surface area contributed by atoms with Gasteiger partial charge in [-0.1, -0.05) is 164 Å². The number of fused-ring (bicyclic) bond motifs is 9. The molecule has 0 N–H and O–H groups in total. The third-order valence-electron chi connectivity index (χ3n) is 12.0. The summed E-state index contributed by atoms with van der Waals surface area (Å²) in [6, 6.07) is 70.3. The van der Waals surface area contributed by atoms with Gasteiger partial charge in [0.15, 0.2) is 0 Å². The molecule has 52 heavy (non-hydrogen) atoms. The highest BCUT2D eigenvalue weighted by Crippen LogP contribution is 2.59. The van der Waals surface area contributed by atoms with Gasteiger partial charge in [0.1, 0.15) is 0 Å². The van der Waals surface area contributed by atoms with Crippen LogP contribution in [0.2, 0.25) is 0 Å². The molecule has 0 unspecified atom stereocenters. The minimum Gasteiger partial charge on any atom is -0.375 e. The molecule has 0 saturated carbocycles. The van der Waals surface area contributed by atoms with Crippen molar-refractivity contribution in [2.45, 2.75) is 5.41 Å². The van der Waals surface area contributed by atoms with Crippen LogP contribution < -0.4 is 15.8 Å². The van der Waals surface area contributed by atoms with Crippen LogP contribution in [0.15, 0.2) is 188 Å². The molecule has 4 heterocycles. The number of para-hydroxylation sites is 4. The molecule has 1 aromatic heterocycles. The predicted molar refractivity (Wildman–Crippen MR) is 217 cm³/mol. The maximum absolute atomic E-state index is 2.66. The lowest BCUT2D eigenvalue weighted by Gasteiger charge is -2.50. The quantitative estimate of drug-likeness (QED) is 0.172. The summed E-state index contributed by atoms with van der Waals surface area (Å²) in [5.41, 5.74) is 18.8. The van der Waals surface area contributed by atoms with Crippen molar-refractivity contribution < 1.29 is 0 Å². The fraction of sp³-hybridized carbons (Fsp3) is 0.0204. The van der Waals surface area contributed by atoms with E-state index < -0.39 is 5.41 Å². The molecule has 0 radical (unpaired) electrons. The fourth-order valence-corrected chi connectivity index (χ4v) is 10.1. The Morgan fingerprint density at radius 3 is 1.87 bits per heavy atom. The van der Waals surface area contributed by atoms with Gasteiger partial charge in [-0.3, -0.25) is 0 Å². The number of anilines is 3. The predicted octanol–water partition coefficient (Wildman–Crippen LogP) is 10.6. The van der Waals surface area contributed by atoms with Gasteiger partial charge in [0, 0.05) is 38.7 Å². The highest BCUT2D eigenvalue weighted by atomic mass is 15.2. The molecule has 0 atom stereocenters. The van der Waals surface area contributed by atoms with Crippen LogP contribution in [0.4, 0.5) is 17.1 Å². The highest BCUT2D eigenvalue weighted by molar-refractivity contribution is 6.90. The Morgan fingerprint density at radius 1 is 0.442 bits per heavy atom. The molecule has 0 saturated heterocycles. The second-order valence-electron chi connectivity index (χ2n) is 14.4. The standard InChI is InChI=1S/C49H31BN2/c1-4-16-32(17-5-1)33-30-39-38-24-14-23-37-36-22-10-12-28-43(36)52(47(37)38)50-42-27-15-26-41-48(42)51(45(31-33)46(39)50)44-29-13-11-25-40(44)49(41,34-18-6-2-7-19-34)35-20-8-3-9-21-35/h1-31H. The average Bonchev–Trinajstić information content (AvgIpc) is 3.56. The SMILES string of the molecule is c1ccc(-c2cc3c4c(c2)N2c5ccccc5C(c5ccccc5)(c5ccccc5)c5cccc(c52)B4n2c4ccccc4c4cccc-3c42)cc1. The third-order valence-corrected chi connectivity index (χ3v) is 12.0. The van der Waals surface area contributed by atoms with E-state index in [0.29, 0.717) is 0 Å². The first-order valence-corrected chi connectivity index (χ1v) is 18.2. The van der Waals surface area contributed by atoms with E-state index in [2.05, 4.69) is 197 Å². The van der Waals surface area contributed by atoms with Crippen LogP contribution in [-0.2, 0) is 5.41 Å². The monoisotopic (exact) mass is 658 g/mol. The van der Waals surface area contributed by atoms with Crippen molar-refractivity contribution in [3.8, 4) is 22.3 Å². The van der Waals surface area contributed by atoms with Gasteiger partial charge in [0.25, 0.3) is 0 Å². The van der Waals surface area contributed by atoms with Gasteiger partial charge >= 0.3 is 6.85 Å². The lowest BCUT2D eigenvalue weighted by atomic mass is 9.43. The Morgan fingerprint density at radius 2 is 1.08 bits per heavy atom. The number of nitrogens with zero attached hydrogens (tertiary/aromatic N) is 2. The zero-order valence-electron chi connectivity index (χ0n) is 28.4. The van der Waals surface area contributed by atoms with Crippen molar-refractivity contribution in [3.05, 3.63) is 210 Å². The average molecular weight is 659 g/mol. The summed E-state index contributed by atoms with van der Waals surface area (Å²) >= 11 is 0. The van der Waals surface area contributed by atoms with E-state index >= 15 is 0 Å². The van der Waals surface area contributed by atoms with Crippen molar-refractivity contribution >= 4 is 56.6 Å². The van der Waals surface area contributed by atoms with E-state index in [-0.39, 0.29) is 6.85 Å². The largest absolute Gasteiger partial charge is 0.375 e. The Kier molecular flexibility index (Phi) is 5.55. The van der Waals surface area contributed by atoms with Crippen molar-refractivity contribution in [3.63, 3.8) is 0 Å². The van der Waals surface area contributed by atoms with Gasteiger partial charge in [0.2, 0.25) is 0 Å². The molecule has 0 fully saturated rings. The van der Waals surface area contributed by atoms with Crippen molar-refractivity contribution in [2.24, 2.45) is 0 Å². The number of benzene rings is 8. The number of hydrogen-bond donors (Lipinski definition) is 0. The van der Waals surface area contributed by atoms with E-state index in [1.807, 2.05) is 0 Å². The van der Waals surface area contributed by atoms with E-state index in [1.54, 1.807) is 0 Å². The summed E-state index contributed by atoms with van der Waals surface area (Å²) in [6.07, 6.45) is 0. The van der Waals surface area contributed by atoms with Gasteiger partial charge in [-0.15, -0.1) is 0 Å². The highest BCUT2D eigenvalue weighted by Gasteiger charge is 2.52. The summed E-state index contributed by atoms with van der Waals surface area (Å²) in [5, 5.41) is 2.61. The molecule has 0 bridgehead atoms. The van der Waals surface area contributed by atoms with Crippen LogP contribution in [0.1, 0.15) is 22.3 Å². The minimum absolute atomic E-state index is 0.00664. The molecule has 3 heteroatoms. The first-order valence-electron chi connectivity index (χ1n) is 18.2. The molecule has 12 rings (SSSR count). The molecule has 9 aromatic rings. The second kappa shape index (κ2) is 10.2. The van der Waals surface area contributed by atoms with Crippen molar-refractivity contribution in [1.82, 2.24) is 4.48 Å². The normalized spacial score (nSPS) is 14.2. The topological polar surface area (TPSA) is 8.17 Å². The van der Waals surface area contributed by atoms with E-state index in [9.17, 15) is 0 Å².